The van der Waals surface area contributed by atoms with Crippen molar-refractivity contribution in [1.82, 2.24) is 5.43 Å². The van der Waals surface area contributed by atoms with Crippen LogP contribution in [0.1, 0.15) is 11.1 Å². The number of nitro groups is 2. The Morgan fingerprint density at radius 3 is 2.35 bits per heavy atom. The zero-order chi connectivity index (χ0) is 26.5. The topological polar surface area (TPSA) is 162 Å². The van der Waals surface area contributed by atoms with Gasteiger partial charge in [0.2, 0.25) is 5.75 Å². The van der Waals surface area contributed by atoms with Crippen LogP contribution in [0, 0.1) is 20.2 Å². The Kier molecular flexibility index (Phi) is 6.82. The molecule has 1 aliphatic rings. The number of esters is 1. The number of ether oxygens (including phenoxy) is 1. The lowest BCUT2D eigenvalue weighted by atomic mass is 10.1. The molecule has 1 aliphatic heterocycles. The number of nitro benzene ring substituents is 2. The van der Waals surface area contributed by atoms with Crippen molar-refractivity contribution >= 4 is 47.0 Å². The van der Waals surface area contributed by atoms with Gasteiger partial charge in [-0.3, -0.25) is 35.2 Å². The van der Waals surface area contributed by atoms with Crippen molar-refractivity contribution in [3.63, 3.8) is 0 Å². The van der Waals surface area contributed by atoms with Gasteiger partial charge < -0.3 is 4.74 Å². The van der Waals surface area contributed by atoms with E-state index in [0.717, 1.165) is 23.2 Å². The van der Waals surface area contributed by atoms with Crippen molar-refractivity contribution < 1.29 is 29.0 Å². The number of hydrazine groups is 1. The van der Waals surface area contributed by atoms with E-state index >= 15 is 0 Å². The van der Waals surface area contributed by atoms with Gasteiger partial charge in [-0.2, -0.15) is 0 Å². The summed E-state index contributed by atoms with van der Waals surface area (Å²) in [4.78, 5) is 59.0. The van der Waals surface area contributed by atoms with E-state index in [1.54, 1.807) is 30.3 Å². The summed E-state index contributed by atoms with van der Waals surface area (Å²) in [5.74, 6) is -2.95. The smallest absolute Gasteiger partial charge is 0.336 e. The summed E-state index contributed by atoms with van der Waals surface area (Å²) in [6.45, 7) is 0. The van der Waals surface area contributed by atoms with Crippen molar-refractivity contribution in [2.24, 2.45) is 0 Å². The lowest BCUT2D eigenvalue weighted by Gasteiger charge is -2.13. The summed E-state index contributed by atoms with van der Waals surface area (Å²) >= 11 is 0. The molecule has 0 unspecified atom stereocenters. The monoisotopic (exact) mass is 500 g/mol. The van der Waals surface area contributed by atoms with Gasteiger partial charge in [-0.25, -0.2) is 9.80 Å². The number of carbonyl (C=O) groups excluding carboxylic acids is 3. The van der Waals surface area contributed by atoms with Crippen LogP contribution in [0.3, 0.4) is 0 Å². The summed E-state index contributed by atoms with van der Waals surface area (Å²) < 4.78 is 5.23. The van der Waals surface area contributed by atoms with E-state index in [1.165, 1.54) is 42.5 Å². The molecule has 4 rings (SSSR count). The molecule has 12 heteroatoms. The van der Waals surface area contributed by atoms with E-state index in [2.05, 4.69) is 5.43 Å². The van der Waals surface area contributed by atoms with Gasteiger partial charge in [-0.15, -0.1) is 0 Å². The molecule has 1 N–H and O–H groups in total. The fourth-order valence-corrected chi connectivity index (χ4v) is 3.42. The number of hydrogen-bond donors (Lipinski definition) is 1. The molecular weight excluding hydrogens is 484 g/mol. The lowest BCUT2D eigenvalue weighted by Crippen LogP contribution is -2.35. The standard InChI is InChI=1S/C25H16N4O8/c30-22(13-12-16-6-4-10-19(14-16)28(33)34)37-23-17(7-5-11-21(23)29(35)36)15-20-24(31)26-27(25(20)32)18-8-2-1-3-9-18/h1-15H,(H,26,31)/b13-12+,20-15-. The van der Waals surface area contributed by atoms with E-state index in [9.17, 15) is 34.6 Å². The van der Waals surface area contributed by atoms with Crippen LogP contribution in [0.5, 0.6) is 5.75 Å². The molecule has 0 radical (unpaired) electrons. The van der Waals surface area contributed by atoms with Crippen LogP contribution in [0.15, 0.2) is 84.4 Å². The van der Waals surface area contributed by atoms with E-state index in [0.29, 0.717) is 11.3 Å². The first-order chi connectivity index (χ1) is 17.7. The van der Waals surface area contributed by atoms with Crippen molar-refractivity contribution in [3.05, 3.63) is 116 Å². The minimum absolute atomic E-state index is 0.0558. The minimum atomic E-state index is -1.02. The third kappa shape index (κ3) is 5.38. The van der Waals surface area contributed by atoms with Crippen molar-refractivity contribution in [2.75, 3.05) is 5.01 Å². The van der Waals surface area contributed by atoms with Gasteiger partial charge in [0.15, 0.2) is 0 Å². The molecule has 12 nitrogen and oxygen atoms in total. The second-order valence-electron chi connectivity index (χ2n) is 7.53. The number of nitrogens with one attached hydrogen (secondary N) is 1. The van der Waals surface area contributed by atoms with Crippen molar-refractivity contribution in [3.8, 4) is 5.75 Å². The summed E-state index contributed by atoms with van der Waals surface area (Å²) in [5.41, 5.74) is 2.00. The second-order valence-corrected chi connectivity index (χ2v) is 7.53. The average Bonchev–Trinajstić information content (AvgIpc) is 3.17. The number of para-hydroxylation sites is 2. The van der Waals surface area contributed by atoms with Crippen LogP contribution in [-0.4, -0.2) is 27.6 Å². The number of non-ortho nitro benzene ring substituents is 1. The first kappa shape index (κ1) is 24.5. The highest BCUT2D eigenvalue weighted by atomic mass is 16.6. The highest BCUT2D eigenvalue weighted by molar-refractivity contribution is 6.31. The van der Waals surface area contributed by atoms with Crippen LogP contribution in [0.2, 0.25) is 0 Å². The summed E-state index contributed by atoms with van der Waals surface area (Å²) in [6, 6.07) is 17.5. The predicted molar refractivity (Wildman–Crippen MR) is 131 cm³/mol. The van der Waals surface area contributed by atoms with Gasteiger partial charge in [-0.05, 0) is 29.8 Å². The largest absolute Gasteiger partial charge is 0.415 e. The number of nitrogens with zero attached hydrogens (tertiary/aromatic N) is 3. The Morgan fingerprint density at radius 1 is 0.919 bits per heavy atom. The highest BCUT2D eigenvalue weighted by Gasteiger charge is 2.35. The predicted octanol–water partition coefficient (Wildman–Crippen LogP) is 3.58. The van der Waals surface area contributed by atoms with Gasteiger partial charge in [0, 0.05) is 29.8 Å². The van der Waals surface area contributed by atoms with Crippen LogP contribution in [0.25, 0.3) is 12.2 Å². The Hall–Kier alpha value is -5.65. The summed E-state index contributed by atoms with van der Waals surface area (Å²) in [7, 11) is 0. The molecule has 184 valence electrons. The van der Waals surface area contributed by atoms with Gasteiger partial charge in [0.1, 0.15) is 5.57 Å². The number of carbonyl (C=O) groups is 3. The number of benzene rings is 3. The molecule has 0 bridgehead atoms. The molecule has 0 spiro atoms. The van der Waals surface area contributed by atoms with Gasteiger partial charge >= 0.3 is 11.7 Å². The SMILES string of the molecule is O=C(/C=C/c1cccc([N+](=O)[O-])c1)Oc1c(/C=C2/C(=O)NN(c3ccccc3)C2=O)cccc1[N+](=O)[O-]. The fourth-order valence-electron chi connectivity index (χ4n) is 3.42. The van der Waals surface area contributed by atoms with Crippen molar-refractivity contribution in [1.29, 1.82) is 0 Å². The first-order valence-electron chi connectivity index (χ1n) is 10.6. The van der Waals surface area contributed by atoms with Gasteiger partial charge in [0.05, 0.1) is 15.5 Å². The molecule has 3 aromatic carbocycles. The minimum Gasteiger partial charge on any atom is -0.415 e. The first-order valence-corrected chi connectivity index (χ1v) is 10.6. The summed E-state index contributed by atoms with van der Waals surface area (Å²) in [5, 5.41) is 23.5. The number of rotatable bonds is 7. The van der Waals surface area contributed by atoms with Crippen LogP contribution in [0.4, 0.5) is 17.1 Å². The van der Waals surface area contributed by atoms with Crippen LogP contribution < -0.4 is 15.2 Å². The maximum atomic E-state index is 12.9. The molecule has 1 heterocycles. The third-order valence-corrected chi connectivity index (χ3v) is 5.12. The van der Waals surface area contributed by atoms with E-state index in [-0.39, 0.29) is 16.8 Å². The second kappa shape index (κ2) is 10.3. The van der Waals surface area contributed by atoms with Crippen LogP contribution >= 0.6 is 0 Å². The molecule has 37 heavy (non-hydrogen) atoms. The quantitative estimate of drug-likeness (QED) is 0.129. The van der Waals surface area contributed by atoms with Crippen molar-refractivity contribution in [2.45, 2.75) is 0 Å². The Morgan fingerprint density at radius 2 is 1.65 bits per heavy atom. The molecule has 0 aromatic heterocycles. The Balaban J connectivity index is 1.64. The maximum absolute atomic E-state index is 12.9. The normalized spacial score (nSPS) is 14.2. The molecule has 0 aliphatic carbocycles. The number of amides is 2. The summed E-state index contributed by atoms with van der Waals surface area (Å²) in [6.07, 6.45) is 3.28. The molecule has 1 saturated heterocycles. The van der Waals surface area contributed by atoms with E-state index < -0.39 is 39.1 Å². The number of hydrogen-bond acceptors (Lipinski definition) is 8. The average molecular weight is 500 g/mol. The molecular formula is C25H16N4O8. The zero-order valence-corrected chi connectivity index (χ0v) is 18.8. The molecule has 3 aromatic rings. The zero-order valence-electron chi connectivity index (χ0n) is 18.8. The molecule has 2 amide bonds. The maximum Gasteiger partial charge on any atom is 0.336 e. The lowest BCUT2D eigenvalue weighted by molar-refractivity contribution is -0.385. The molecule has 0 saturated carbocycles. The Bertz CT molecular complexity index is 1500. The highest BCUT2D eigenvalue weighted by Crippen LogP contribution is 2.34. The van der Waals surface area contributed by atoms with E-state index in [1.807, 2.05) is 0 Å². The fraction of sp³-hybridized carbons (Fsp3) is 0. The molecule has 0 atom stereocenters. The Labute approximate surface area is 208 Å². The molecule has 1 fully saturated rings. The van der Waals surface area contributed by atoms with Gasteiger partial charge in [-0.1, -0.05) is 42.5 Å². The van der Waals surface area contributed by atoms with E-state index in [4.69, 9.17) is 4.74 Å². The number of anilines is 1. The van der Waals surface area contributed by atoms with Crippen LogP contribution in [-0.2, 0) is 14.4 Å². The third-order valence-electron chi connectivity index (χ3n) is 5.12. The van der Waals surface area contributed by atoms with Gasteiger partial charge in [0.25, 0.3) is 17.5 Å².